The minimum absolute atomic E-state index is 0. The molecule has 2 unspecified atom stereocenters. The minimum atomic E-state index is -0.371. The van der Waals surface area contributed by atoms with Gasteiger partial charge in [-0.25, -0.2) is 0 Å². The van der Waals surface area contributed by atoms with Crippen molar-refractivity contribution in [3.63, 3.8) is 0 Å². The zero-order chi connectivity index (χ0) is 15.2. The minimum Gasteiger partial charge on any atom is -0.353 e. The van der Waals surface area contributed by atoms with E-state index in [4.69, 9.17) is 5.73 Å². The van der Waals surface area contributed by atoms with Gasteiger partial charge in [0.25, 0.3) is 0 Å². The molecule has 2 rings (SSSR count). The van der Waals surface area contributed by atoms with Crippen molar-refractivity contribution in [2.24, 2.45) is 5.73 Å². The lowest BCUT2D eigenvalue weighted by Gasteiger charge is -2.34. The number of hydrogen-bond donors (Lipinski definition) is 2. The average molecular weight is 326 g/mol. The molecular weight excluding hydrogens is 298 g/mol. The highest BCUT2D eigenvalue weighted by molar-refractivity contribution is 5.85. The Morgan fingerprint density at radius 2 is 2.05 bits per heavy atom. The van der Waals surface area contributed by atoms with Gasteiger partial charge in [-0.1, -0.05) is 37.6 Å². The molecule has 0 bridgehead atoms. The van der Waals surface area contributed by atoms with Gasteiger partial charge >= 0.3 is 0 Å². The highest BCUT2D eigenvalue weighted by Crippen LogP contribution is 2.19. The van der Waals surface area contributed by atoms with Gasteiger partial charge in [0.15, 0.2) is 0 Å². The lowest BCUT2D eigenvalue weighted by Crippen LogP contribution is -2.48. The number of nitrogens with two attached hydrogens (primary N) is 1. The van der Waals surface area contributed by atoms with Gasteiger partial charge in [0.1, 0.15) is 0 Å². The molecule has 0 spiro atoms. The number of carbonyl (C=O) groups is 1. The number of carbonyl (C=O) groups excluding carboxylic acids is 1. The first-order valence-electron chi connectivity index (χ1n) is 7.96. The Hall–Kier alpha value is -1.10. The highest BCUT2D eigenvalue weighted by atomic mass is 35.5. The summed E-state index contributed by atoms with van der Waals surface area (Å²) in [7, 11) is 0. The summed E-state index contributed by atoms with van der Waals surface area (Å²) in [5, 5.41) is 2.98. The molecule has 0 aliphatic carbocycles. The van der Waals surface area contributed by atoms with Crippen LogP contribution in [0.1, 0.15) is 37.8 Å². The molecule has 22 heavy (non-hydrogen) atoms. The van der Waals surface area contributed by atoms with E-state index in [0.717, 1.165) is 32.4 Å². The zero-order valence-corrected chi connectivity index (χ0v) is 14.4. The third kappa shape index (κ3) is 4.97. The van der Waals surface area contributed by atoms with Gasteiger partial charge in [-0.05, 0) is 30.9 Å². The molecular formula is C17H28ClN3O. The predicted octanol–water partition coefficient (Wildman–Crippen LogP) is 2.10. The van der Waals surface area contributed by atoms with Crippen molar-refractivity contribution in [3.05, 3.63) is 35.4 Å². The number of benzene rings is 1. The summed E-state index contributed by atoms with van der Waals surface area (Å²) in [5.74, 6) is -0.0268. The maximum atomic E-state index is 11.9. The molecule has 0 aromatic heterocycles. The van der Waals surface area contributed by atoms with Gasteiger partial charge in [-0.2, -0.15) is 0 Å². The van der Waals surface area contributed by atoms with Crippen molar-refractivity contribution in [2.45, 2.75) is 51.7 Å². The molecule has 0 saturated carbocycles. The molecule has 2 atom stereocenters. The van der Waals surface area contributed by atoms with Crippen LogP contribution in [0, 0.1) is 0 Å². The Morgan fingerprint density at radius 3 is 2.73 bits per heavy atom. The second-order valence-corrected chi connectivity index (χ2v) is 5.98. The van der Waals surface area contributed by atoms with E-state index in [1.165, 1.54) is 11.1 Å². The summed E-state index contributed by atoms with van der Waals surface area (Å²) in [4.78, 5) is 14.3. The first kappa shape index (κ1) is 18.9. The van der Waals surface area contributed by atoms with E-state index in [0.29, 0.717) is 12.6 Å². The normalized spacial score (nSPS) is 17.0. The fraction of sp³-hybridized carbons (Fsp3) is 0.588. The van der Waals surface area contributed by atoms with Crippen molar-refractivity contribution in [2.75, 3.05) is 13.1 Å². The Kier molecular flexibility index (Phi) is 7.87. The molecule has 4 nitrogen and oxygen atoms in total. The first-order chi connectivity index (χ1) is 10.1. The highest BCUT2D eigenvalue weighted by Gasteiger charge is 2.21. The van der Waals surface area contributed by atoms with Gasteiger partial charge < -0.3 is 11.1 Å². The van der Waals surface area contributed by atoms with Crippen LogP contribution in [-0.2, 0) is 17.8 Å². The number of nitrogens with one attached hydrogen (secondary N) is 1. The van der Waals surface area contributed by atoms with Crippen LogP contribution < -0.4 is 11.1 Å². The smallest absolute Gasteiger partial charge is 0.236 e. The molecule has 1 aromatic rings. The van der Waals surface area contributed by atoms with E-state index in [1.807, 2.05) is 6.92 Å². The van der Waals surface area contributed by atoms with Gasteiger partial charge in [0.05, 0.1) is 6.04 Å². The summed E-state index contributed by atoms with van der Waals surface area (Å²) < 4.78 is 0. The molecule has 3 N–H and O–H groups in total. The number of fused-ring (bicyclic) bond motifs is 1. The van der Waals surface area contributed by atoms with Crippen LogP contribution in [0.2, 0.25) is 0 Å². The second kappa shape index (κ2) is 9.13. The van der Waals surface area contributed by atoms with Crippen LogP contribution in [0.25, 0.3) is 0 Å². The topological polar surface area (TPSA) is 58.4 Å². The van der Waals surface area contributed by atoms with E-state index in [9.17, 15) is 4.79 Å². The van der Waals surface area contributed by atoms with Gasteiger partial charge in [-0.15, -0.1) is 12.4 Å². The van der Waals surface area contributed by atoms with Crippen LogP contribution in [0.3, 0.4) is 0 Å². The largest absolute Gasteiger partial charge is 0.353 e. The van der Waals surface area contributed by atoms with E-state index in [1.54, 1.807) is 0 Å². The molecule has 0 radical (unpaired) electrons. The van der Waals surface area contributed by atoms with Crippen molar-refractivity contribution in [3.8, 4) is 0 Å². The fourth-order valence-electron chi connectivity index (χ4n) is 2.84. The summed E-state index contributed by atoms with van der Waals surface area (Å²) in [6.07, 6.45) is 2.77. The third-order valence-electron chi connectivity index (χ3n) is 4.29. The maximum Gasteiger partial charge on any atom is 0.236 e. The van der Waals surface area contributed by atoms with Crippen LogP contribution in [0.5, 0.6) is 0 Å². The van der Waals surface area contributed by atoms with Crippen LogP contribution in [-0.4, -0.2) is 36.0 Å². The maximum absolute atomic E-state index is 11.9. The van der Waals surface area contributed by atoms with Gasteiger partial charge in [-0.3, -0.25) is 9.69 Å². The molecule has 1 aliphatic heterocycles. The molecule has 1 amide bonds. The van der Waals surface area contributed by atoms with Crippen molar-refractivity contribution in [1.82, 2.24) is 10.2 Å². The van der Waals surface area contributed by atoms with Crippen LogP contribution >= 0.6 is 12.4 Å². The van der Waals surface area contributed by atoms with Crippen LogP contribution in [0.4, 0.5) is 0 Å². The standard InChI is InChI=1S/C17H27N3O.ClH/c1-3-6-16(18)17(21)19-11-13(2)20-10-9-14-7-4-5-8-15(14)12-20;/h4-5,7-8,13,16H,3,6,9-12,18H2,1-2H3,(H,19,21);1H. The summed E-state index contributed by atoms with van der Waals surface area (Å²) in [5.41, 5.74) is 8.69. The van der Waals surface area contributed by atoms with E-state index in [-0.39, 0.29) is 24.4 Å². The Balaban J connectivity index is 0.00000242. The second-order valence-electron chi connectivity index (χ2n) is 5.98. The zero-order valence-electron chi connectivity index (χ0n) is 13.5. The molecule has 0 saturated heterocycles. The molecule has 0 fully saturated rings. The molecule has 5 heteroatoms. The molecule has 124 valence electrons. The van der Waals surface area contributed by atoms with Crippen molar-refractivity contribution >= 4 is 18.3 Å². The number of nitrogens with zero attached hydrogens (tertiary/aromatic N) is 1. The first-order valence-corrected chi connectivity index (χ1v) is 7.96. The molecule has 1 aromatic carbocycles. The number of amides is 1. The third-order valence-corrected chi connectivity index (χ3v) is 4.29. The molecule has 1 aliphatic rings. The quantitative estimate of drug-likeness (QED) is 0.842. The fourth-order valence-corrected chi connectivity index (χ4v) is 2.84. The SMILES string of the molecule is CCCC(N)C(=O)NCC(C)N1CCc2ccccc2C1.Cl. The number of halogens is 1. The van der Waals surface area contributed by atoms with E-state index in [2.05, 4.69) is 41.4 Å². The Bertz CT molecular complexity index is 481. The van der Waals surface area contributed by atoms with Gasteiger partial charge in [0, 0.05) is 25.7 Å². The Morgan fingerprint density at radius 1 is 1.36 bits per heavy atom. The van der Waals surface area contributed by atoms with E-state index >= 15 is 0 Å². The van der Waals surface area contributed by atoms with Crippen molar-refractivity contribution < 1.29 is 4.79 Å². The van der Waals surface area contributed by atoms with Crippen LogP contribution in [0.15, 0.2) is 24.3 Å². The number of rotatable bonds is 6. The Labute approximate surface area is 139 Å². The summed E-state index contributed by atoms with van der Waals surface area (Å²) in [6.45, 7) is 6.89. The monoisotopic (exact) mass is 325 g/mol. The summed E-state index contributed by atoms with van der Waals surface area (Å²) in [6, 6.07) is 8.57. The number of hydrogen-bond acceptors (Lipinski definition) is 3. The summed E-state index contributed by atoms with van der Waals surface area (Å²) >= 11 is 0. The van der Waals surface area contributed by atoms with Crippen molar-refractivity contribution in [1.29, 1.82) is 0 Å². The molecule has 1 heterocycles. The average Bonchev–Trinajstić information content (AvgIpc) is 2.52. The lowest BCUT2D eigenvalue weighted by molar-refractivity contribution is -0.122. The lowest BCUT2D eigenvalue weighted by atomic mass is 9.99. The van der Waals surface area contributed by atoms with Gasteiger partial charge in [0.2, 0.25) is 5.91 Å². The predicted molar refractivity (Wildman–Crippen MR) is 93.2 cm³/mol. The van der Waals surface area contributed by atoms with E-state index < -0.39 is 0 Å².